The number of nitrogens with zero attached hydrogens (tertiary/aromatic N) is 2. The fourth-order valence-corrected chi connectivity index (χ4v) is 2.31. The molecule has 0 unspecified atom stereocenters. The van der Waals surface area contributed by atoms with Crippen molar-refractivity contribution in [2.75, 3.05) is 18.9 Å². The molecular weight excluding hydrogens is 230 g/mol. The summed E-state index contributed by atoms with van der Waals surface area (Å²) in [5.74, 6) is 0.635. The number of nitrogens with two attached hydrogens (primary N) is 1. The van der Waals surface area contributed by atoms with Crippen LogP contribution in [0.4, 0.5) is 5.69 Å². The van der Waals surface area contributed by atoms with Crippen molar-refractivity contribution >= 4 is 16.6 Å². The van der Waals surface area contributed by atoms with Gasteiger partial charge >= 0.3 is 0 Å². The van der Waals surface area contributed by atoms with Gasteiger partial charge in [0.05, 0.1) is 17.0 Å². The number of benzene rings is 1. The molecule has 0 bridgehead atoms. The summed E-state index contributed by atoms with van der Waals surface area (Å²) in [7, 11) is 1.90. The fraction of sp³-hybridized carbons (Fsp3) is 0.462. The first-order valence-corrected chi connectivity index (χ1v) is 6.20. The van der Waals surface area contributed by atoms with E-state index >= 15 is 0 Å². The first-order chi connectivity index (χ1) is 8.74. The Labute approximate surface area is 105 Å². The van der Waals surface area contributed by atoms with Gasteiger partial charge in [-0.2, -0.15) is 0 Å². The lowest BCUT2D eigenvalue weighted by Gasteiger charge is -2.09. The first kappa shape index (κ1) is 11.3. The largest absolute Gasteiger partial charge is 0.473 e. The summed E-state index contributed by atoms with van der Waals surface area (Å²) in [6.45, 7) is 1.39. The molecule has 0 radical (unpaired) electrons. The average Bonchev–Trinajstić information content (AvgIpc) is 2.95. The van der Waals surface area contributed by atoms with E-state index in [1.54, 1.807) is 4.68 Å². The molecule has 1 atom stereocenters. The summed E-state index contributed by atoms with van der Waals surface area (Å²) in [6.07, 6.45) is 2.37. The zero-order valence-corrected chi connectivity index (χ0v) is 10.4. The normalized spacial score (nSPS) is 19.5. The van der Waals surface area contributed by atoms with Crippen molar-refractivity contribution in [2.24, 2.45) is 7.05 Å². The van der Waals surface area contributed by atoms with Gasteiger partial charge in [-0.15, -0.1) is 5.10 Å². The topological polar surface area (TPSA) is 62.3 Å². The molecule has 2 heterocycles. The molecule has 18 heavy (non-hydrogen) atoms. The molecule has 1 fully saturated rings. The van der Waals surface area contributed by atoms with E-state index in [1.165, 1.54) is 0 Å². The van der Waals surface area contributed by atoms with E-state index < -0.39 is 0 Å². The van der Waals surface area contributed by atoms with Gasteiger partial charge in [-0.25, -0.2) is 0 Å². The van der Waals surface area contributed by atoms with Crippen LogP contribution in [-0.2, 0) is 11.8 Å². The van der Waals surface area contributed by atoms with Crippen molar-refractivity contribution < 1.29 is 9.47 Å². The van der Waals surface area contributed by atoms with Crippen molar-refractivity contribution in [3.63, 3.8) is 0 Å². The van der Waals surface area contributed by atoms with Gasteiger partial charge < -0.3 is 15.2 Å². The SMILES string of the molecule is Cn1nc(OC[C@H]2CCCO2)c2cc(N)ccc21. The molecule has 0 saturated carbocycles. The number of hydrogen-bond acceptors (Lipinski definition) is 4. The zero-order chi connectivity index (χ0) is 12.5. The van der Waals surface area contributed by atoms with Crippen LogP contribution in [0, 0.1) is 0 Å². The van der Waals surface area contributed by atoms with E-state index in [0.717, 1.165) is 36.0 Å². The third-order valence-electron chi connectivity index (χ3n) is 3.27. The minimum Gasteiger partial charge on any atom is -0.473 e. The van der Waals surface area contributed by atoms with Gasteiger partial charge in [-0.3, -0.25) is 4.68 Å². The van der Waals surface area contributed by atoms with Gasteiger partial charge in [0.2, 0.25) is 5.88 Å². The lowest BCUT2D eigenvalue weighted by Crippen LogP contribution is -2.16. The molecule has 96 valence electrons. The highest BCUT2D eigenvalue weighted by atomic mass is 16.5. The van der Waals surface area contributed by atoms with Crippen molar-refractivity contribution in [1.29, 1.82) is 0 Å². The molecule has 1 aliphatic heterocycles. The van der Waals surface area contributed by atoms with E-state index in [4.69, 9.17) is 15.2 Å². The maximum atomic E-state index is 5.80. The molecule has 5 nitrogen and oxygen atoms in total. The number of aromatic nitrogens is 2. The van der Waals surface area contributed by atoms with Gasteiger partial charge in [-0.1, -0.05) is 0 Å². The van der Waals surface area contributed by atoms with Gasteiger partial charge in [0.15, 0.2) is 0 Å². The van der Waals surface area contributed by atoms with Crippen LogP contribution in [0.2, 0.25) is 0 Å². The van der Waals surface area contributed by atoms with E-state index in [0.29, 0.717) is 12.5 Å². The molecule has 0 amide bonds. The van der Waals surface area contributed by atoms with Gasteiger partial charge in [-0.05, 0) is 31.0 Å². The van der Waals surface area contributed by atoms with Crippen molar-refractivity contribution in [1.82, 2.24) is 9.78 Å². The summed E-state index contributed by atoms with van der Waals surface area (Å²) < 4.78 is 13.1. The molecule has 0 aliphatic carbocycles. The molecule has 0 spiro atoms. The monoisotopic (exact) mass is 247 g/mol. The van der Waals surface area contributed by atoms with Crippen LogP contribution in [0.25, 0.3) is 10.9 Å². The highest BCUT2D eigenvalue weighted by molar-refractivity contribution is 5.87. The molecule has 2 N–H and O–H groups in total. The summed E-state index contributed by atoms with van der Waals surface area (Å²) in [4.78, 5) is 0. The van der Waals surface area contributed by atoms with E-state index in [9.17, 15) is 0 Å². The molecule has 1 aliphatic rings. The number of anilines is 1. The third-order valence-corrected chi connectivity index (χ3v) is 3.27. The van der Waals surface area contributed by atoms with Gasteiger partial charge in [0, 0.05) is 19.3 Å². The quantitative estimate of drug-likeness (QED) is 0.839. The lowest BCUT2D eigenvalue weighted by molar-refractivity contribution is 0.0666. The molecule has 2 aromatic rings. The van der Waals surface area contributed by atoms with Crippen LogP contribution in [-0.4, -0.2) is 29.1 Å². The number of ether oxygens (including phenoxy) is 2. The standard InChI is InChI=1S/C13H17N3O2/c1-16-12-5-4-9(14)7-11(12)13(15-16)18-8-10-3-2-6-17-10/h4-5,7,10H,2-3,6,8,14H2,1H3/t10-/m1/s1. The molecule has 3 rings (SSSR count). The lowest BCUT2D eigenvalue weighted by atomic mass is 10.2. The molecule has 1 aromatic heterocycles. The van der Waals surface area contributed by atoms with Crippen molar-refractivity contribution in [3.8, 4) is 5.88 Å². The maximum Gasteiger partial charge on any atom is 0.240 e. The number of rotatable bonds is 3. The summed E-state index contributed by atoms with van der Waals surface area (Å²) >= 11 is 0. The van der Waals surface area contributed by atoms with Crippen LogP contribution in [0.5, 0.6) is 5.88 Å². The smallest absolute Gasteiger partial charge is 0.240 e. The molecule has 1 saturated heterocycles. The van der Waals surface area contributed by atoms with Crippen LogP contribution in [0.1, 0.15) is 12.8 Å². The third kappa shape index (κ3) is 2.01. The number of aryl methyl sites for hydroxylation is 1. The minimum atomic E-state index is 0.197. The van der Waals surface area contributed by atoms with Crippen molar-refractivity contribution in [2.45, 2.75) is 18.9 Å². The Balaban J connectivity index is 1.84. The summed E-state index contributed by atoms with van der Waals surface area (Å²) in [5.41, 5.74) is 7.54. The zero-order valence-electron chi connectivity index (χ0n) is 10.4. The number of hydrogen-bond donors (Lipinski definition) is 1. The second kappa shape index (κ2) is 4.49. The van der Waals surface area contributed by atoms with Crippen LogP contribution in [0.3, 0.4) is 0 Å². The number of nitrogen functional groups attached to an aromatic ring is 1. The molecule has 1 aromatic carbocycles. The van der Waals surface area contributed by atoms with Crippen LogP contribution < -0.4 is 10.5 Å². The summed E-state index contributed by atoms with van der Waals surface area (Å²) in [5, 5.41) is 5.33. The fourth-order valence-electron chi connectivity index (χ4n) is 2.31. The Kier molecular flexibility index (Phi) is 2.83. The van der Waals surface area contributed by atoms with E-state index in [-0.39, 0.29) is 6.10 Å². The highest BCUT2D eigenvalue weighted by Gasteiger charge is 2.18. The Bertz CT molecular complexity index is 559. The average molecular weight is 247 g/mol. The van der Waals surface area contributed by atoms with Gasteiger partial charge in [0.25, 0.3) is 0 Å². The predicted molar refractivity (Wildman–Crippen MR) is 69.6 cm³/mol. The highest BCUT2D eigenvalue weighted by Crippen LogP contribution is 2.27. The van der Waals surface area contributed by atoms with Crippen LogP contribution >= 0.6 is 0 Å². The Hall–Kier alpha value is -1.75. The van der Waals surface area contributed by atoms with E-state index in [2.05, 4.69) is 5.10 Å². The Morgan fingerprint density at radius 1 is 1.56 bits per heavy atom. The second-order valence-corrected chi connectivity index (χ2v) is 4.65. The predicted octanol–water partition coefficient (Wildman–Crippen LogP) is 1.71. The van der Waals surface area contributed by atoms with E-state index in [1.807, 2.05) is 25.2 Å². The minimum absolute atomic E-state index is 0.197. The Morgan fingerprint density at radius 2 is 2.44 bits per heavy atom. The van der Waals surface area contributed by atoms with Crippen molar-refractivity contribution in [3.05, 3.63) is 18.2 Å². The second-order valence-electron chi connectivity index (χ2n) is 4.65. The number of fused-ring (bicyclic) bond motifs is 1. The van der Waals surface area contributed by atoms with Crippen LogP contribution in [0.15, 0.2) is 18.2 Å². The summed E-state index contributed by atoms with van der Waals surface area (Å²) in [6, 6.07) is 5.72. The molecular formula is C13H17N3O2. The molecule has 5 heteroatoms. The maximum absolute atomic E-state index is 5.80. The Morgan fingerprint density at radius 3 is 3.22 bits per heavy atom. The first-order valence-electron chi connectivity index (χ1n) is 6.20. The van der Waals surface area contributed by atoms with Gasteiger partial charge in [0.1, 0.15) is 6.61 Å².